The van der Waals surface area contributed by atoms with Gasteiger partial charge in [-0.2, -0.15) is 0 Å². The summed E-state index contributed by atoms with van der Waals surface area (Å²) in [7, 11) is 0. The third-order valence-corrected chi connectivity index (χ3v) is 5.13. The molecule has 0 spiro atoms. The number of ether oxygens (including phenoxy) is 1. The van der Waals surface area contributed by atoms with E-state index in [1.807, 2.05) is 31.2 Å². The second kappa shape index (κ2) is 9.56. The molecule has 1 N–H and O–H groups in total. The first-order chi connectivity index (χ1) is 13.6. The summed E-state index contributed by atoms with van der Waals surface area (Å²) in [5, 5.41) is 0.699. The smallest absolute Gasteiger partial charge is 0.194 e. The van der Waals surface area contributed by atoms with Crippen LogP contribution in [0.1, 0.15) is 43.5 Å². The molecule has 4 heteroatoms. The lowest BCUT2D eigenvalue weighted by Gasteiger charge is -2.21. The third-order valence-electron chi connectivity index (χ3n) is 5.13. The lowest BCUT2D eigenvalue weighted by Crippen LogP contribution is -2.27. The minimum absolute atomic E-state index is 0.0960. The highest BCUT2D eigenvalue weighted by atomic mass is 16.5. The van der Waals surface area contributed by atoms with Gasteiger partial charge < -0.3 is 9.72 Å². The molecule has 0 saturated carbocycles. The molecule has 4 nitrogen and oxygen atoms in total. The van der Waals surface area contributed by atoms with E-state index in [0.717, 1.165) is 48.5 Å². The number of aryl methyl sites for hydroxylation is 1. The average Bonchev–Trinajstić information content (AvgIpc) is 2.71. The minimum Gasteiger partial charge on any atom is -0.494 e. The van der Waals surface area contributed by atoms with Crippen molar-refractivity contribution >= 4 is 10.9 Å². The average molecular weight is 379 g/mol. The first kappa shape index (κ1) is 20.2. The Labute approximate surface area is 167 Å². The summed E-state index contributed by atoms with van der Waals surface area (Å²) in [6.07, 6.45) is 2.10. The molecule has 0 bridgehead atoms. The molecule has 28 heavy (non-hydrogen) atoms. The maximum absolute atomic E-state index is 13.2. The second-order valence-electron chi connectivity index (χ2n) is 7.26. The van der Waals surface area contributed by atoms with E-state index in [2.05, 4.69) is 48.0 Å². The Balaban J connectivity index is 1.87. The fourth-order valence-electron chi connectivity index (χ4n) is 3.39. The van der Waals surface area contributed by atoms with Crippen LogP contribution in [0.2, 0.25) is 0 Å². The van der Waals surface area contributed by atoms with Gasteiger partial charge in [-0.15, -0.1) is 0 Å². The van der Waals surface area contributed by atoms with Gasteiger partial charge in [0, 0.05) is 35.2 Å². The number of pyridine rings is 1. The van der Waals surface area contributed by atoms with Crippen molar-refractivity contribution in [1.82, 2.24) is 9.88 Å². The highest BCUT2D eigenvalue weighted by Crippen LogP contribution is 2.20. The third kappa shape index (κ3) is 4.82. The quantitative estimate of drug-likeness (QED) is 0.531. The molecule has 1 heterocycles. The number of benzene rings is 2. The summed E-state index contributed by atoms with van der Waals surface area (Å²) in [4.78, 5) is 18.9. The zero-order chi connectivity index (χ0) is 19.9. The molecule has 2 aromatic carbocycles. The number of hydrogen-bond donors (Lipinski definition) is 1. The fraction of sp³-hybridized carbons (Fsp3) is 0.375. The number of nitrogens with zero attached hydrogens (tertiary/aromatic N) is 1. The molecule has 0 unspecified atom stereocenters. The van der Waals surface area contributed by atoms with E-state index in [9.17, 15) is 4.79 Å². The molecule has 148 valence electrons. The molecular formula is C24H30N2O2. The molecule has 0 aliphatic carbocycles. The SMILES string of the molecule is CCCCOc1ccc2[nH]c(C)c(CN(CC)Cc3ccccc3)c(=O)c2c1. The molecule has 0 saturated heterocycles. The van der Waals surface area contributed by atoms with Crippen molar-refractivity contribution in [3.63, 3.8) is 0 Å². The Kier molecular flexibility index (Phi) is 6.88. The monoisotopic (exact) mass is 378 g/mol. The number of hydrogen-bond acceptors (Lipinski definition) is 3. The molecule has 1 aromatic heterocycles. The molecule has 0 aliphatic rings. The van der Waals surface area contributed by atoms with Gasteiger partial charge in [-0.1, -0.05) is 50.6 Å². The maximum Gasteiger partial charge on any atom is 0.194 e. The van der Waals surface area contributed by atoms with Gasteiger partial charge in [0.25, 0.3) is 0 Å². The number of unbranched alkanes of at least 4 members (excludes halogenated alkanes) is 1. The van der Waals surface area contributed by atoms with Crippen LogP contribution >= 0.6 is 0 Å². The number of rotatable bonds is 9. The van der Waals surface area contributed by atoms with E-state index in [-0.39, 0.29) is 5.43 Å². The van der Waals surface area contributed by atoms with Crippen molar-refractivity contribution in [2.24, 2.45) is 0 Å². The van der Waals surface area contributed by atoms with Gasteiger partial charge in [-0.25, -0.2) is 0 Å². The number of nitrogens with one attached hydrogen (secondary N) is 1. The Morgan fingerprint density at radius 1 is 1.04 bits per heavy atom. The summed E-state index contributed by atoms with van der Waals surface area (Å²) < 4.78 is 5.80. The molecule has 0 amide bonds. The van der Waals surface area contributed by atoms with E-state index >= 15 is 0 Å². The van der Waals surface area contributed by atoms with Gasteiger partial charge in [0.1, 0.15) is 5.75 Å². The van der Waals surface area contributed by atoms with Gasteiger partial charge >= 0.3 is 0 Å². The Morgan fingerprint density at radius 2 is 1.82 bits per heavy atom. The second-order valence-corrected chi connectivity index (χ2v) is 7.26. The zero-order valence-electron chi connectivity index (χ0n) is 17.1. The van der Waals surface area contributed by atoms with Crippen molar-refractivity contribution in [3.05, 3.63) is 75.6 Å². The fourth-order valence-corrected chi connectivity index (χ4v) is 3.39. The van der Waals surface area contributed by atoms with Crippen molar-refractivity contribution in [2.75, 3.05) is 13.2 Å². The van der Waals surface area contributed by atoms with Crippen molar-refractivity contribution in [2.45, 2.75) is 46.7 Å². The highest BCUT2D eigenvalue weighted by Gasteiger charge is 2.14. The van der Waals surface area contributed by atoms with Crippen LogP contribution in [0.5, 0.6) is 5.75 Å². The van der Waals surface area contributed by atoms with Crippen LogP contribution in [0.4, 0.5) is 0 Å². The van der Waals surface area contributed by atoms with Crippen LogP contribution in [0.15, 0.2) is 53.3 Å². The van der Waals surface area contributed by atoms with E-state index in [1.54, 1.807) is 0 Å². The van der Waals surface area contributed by atoms with Gasteiger partial charge in [0.2, 0.25) is 0 Å². The van der Waals surface area contributed by atoms with Crippen molar-refractivity contribution < 1.29 is 4.74 Å². The van der Waals surface area contributed by atoms with Crippen LogP contribution in [0, 0.1) is 6.92 Å². The molecule has 0 aliphatic heterocycles. The molecular weight excluding hydrogens is 348 g/mol. The van der Waals surface area contributed by atoms with Gasteiger partial charge in [0.05, 0.1) is 6.61 Å². The van der Waals surface area contributed by atoms with Crippen LogP contribution < -0.4 is 10.2 Å². The largest absolute Gasteiger partial charge is 0.494 e. The van der Waals surface area contributed by atoms with Gasteiger partial charge in [-0.05, 0) is 43.7 Å². The maximum atomic E-state index is 13.2. The van der Waals surface area contributed by atoms with Crippen LogP contribution in [-0.4, -0.2) is 23.0 Å². The predicted octanol–water partition coefficient (Wildman–Crippen LogP) is 5.04. The van der Waals surface area contributed by atoms with Gasteiger partial charge in [-0.3, -0.25) is 9.69 Å². The Morgan fingerprint density at radius 3 is 2.54 bits per heavy atom. The Hall–Kier alpha value is -2.59. The number of H-pyrrole nitrogens is 1. The molecule has 0 fully saturated rings. The van der Waals surface area contributed by atoms with Crippen molar-refractivity contribution in [3.8, 4) is 5.75 Å². The van der Waals surface area contributed by atoms with E-state index < -0.39 is 0 Å². The lowest BCUT2D eigenvalue weighted by molar-refractivity contribution is 0.270. The standard InChI is InChI=1S/C24H30N2O2/c1-4-6-14-28-20-12-13-23-21(15-20)24(27)22(18(3)25-23)17-26(5-2)16-19-10-8-7-9-11-19/h7-13,15H,4-6,14,16-17H2,1-3H3,(H,25,27). The molecule has 0 atom stereocenters. The summed E-state index contributed by atoms with van der Waals surface area (Å²) in [5.41, 5.74) is 3.98. The summed E-state index contributed by atoms with van der Waals surface area (Å²) in [5.74, 6) is 0.762. The summed E-state index contributed by atoms with van der Waals surface area (Å²) in [6, 6.07) is 16.1. The molecule has 0 radical (unpaired) electrons. The first-order valence-corrected chi connectivity index (χ1v) is 10.2. The minimum atomic E-state index is 0.0960. The number of aromatic amines is 1. The molecule has 3 aromatic rings. The normalized spacial score (nSPS) is 11.3. The number of fused-ring (bicyclic) bond motifs is 1. The van der Waals surface area contributed by atoms with E-state index in [1.165, 1.54) is 5.56 Å². The lowest BCUT2D eigenvalue weighted by atomic mass is 10.1. The summed E-state index contributed by atoms with van der Waals surface area (Å²) >= 11 is 0. The topological polar surface area (TPSA) is 45.3 Å². The Bertz CT molecular complexity index is 963. The van der Waals surface area contributed by atoms with Crippen LogP contribution in [0.25, 0.3) is 10.9 Å². The summed E-state index contributed by atoms with van der Waals surface area (Å²) in [6.45, 7) is 9.27. The van der Waals surface area contributed by atoms with Crippen molar-refractivity contribution in [1.29, 1.82) is 0 Å². The van der Waals surface area contributed by atoms with Crippen LogP contribution in [-0.2, 0) is 13.1 Å². The van der Waals surface area contributed by atoms with E-state index in [4.69, 9.17) is 4.74 Å². The number of aromatic nitrogens is 1. The highest BCUT2D eigenvalue weighted by molar-refractivity contribution is 5.81. The first-order valence-electron chi connectivity index (χ1n) is 10.2. The molecule has 3 rings (SSSR count). The van der Waals surface area contributed by atoms with Crippen LogP contribution in [0.3, 0.4) is 0 Å². The van der Waals surface area contributed by atoms with E-state index in [0.29, 0.717) is 18.5 Å². The van der Waals surface area contributed by atoms with Gasteiger partial charge in [0.15, 0.2) is 5.43 Å². The predicted molar refractivity (Wildman–Crippen MR) is 116 cm³/mol. The zero-order valence-corrected chi connectivity index (χ0v) is 17.1.